The third kappa shape index (κ3) is 4.81. The van der Waals surface area contributed by atoms with Crippen molar-refractivity contribution in [2.24, 2.45) is 23.7 Å². The van der Waals surface area contributed by atoms with Gasteiger partial charge in [0, 0.05) is 31.6 Å². The highest BCUT2D eigenvalue weighted by molar-refractivity contribution is 5.79. The molecule has 1 amide bonds. The van der Waals surface area contributed by atoms with E-state index in [1.165, 1.54) is 12.8 Å². The van der Waals surface area contributed by atoms with E-state index in [0.29, 0.717) is 68.0 Å². The second-order valence-electron chi connectivity index (χ2n) is 9.96. The highest BCUT2D eigenvalue weighted by Crippen LogP contribution is 2.32. The Labute approximate surface area is 184 Å². The number of hydrogen-bond donors (Lipinski definition) is 2. The van der Waals surface area contributed by atoms with Crippen LogP contribution in [0, 0.1) is 23.7 Å². The highest BCUT2D eigenvalue weighted by Gasteiger charge is 2.33. The van der Waals surface area contributed by atoms with Crippen LogP contribution in [0.4, 0.5) is 11.4 Å². The first-order chi connectivity index (χ1) is 15.0. The lowest BCUT2D eigenvalue weighted by Gasteiger charge is -2.36. The number of nitrogens with zero attached hydrogens (tertiary/aromatic N) is 1. The second-order valence-corrected chi connectivity index (χ2v) is 9.96. The van der Waals surface area contributed by atoms with Crippen molar-refractivity contribution in [2.75, 3.05) is 43.1 Å². The van der Waals surface area contributed by atoms with Crippen molar-refractivity contribution in [1.29, 1.82) is 0 Å². The quantitative estimate of drug-likeness (QED) is 0.672. The zero-order chi connectivity index (χ0) is 22.0. The van der Waals surface area contributed by atoms with E-state index in [9.17, 15) is 14.4 Å². The smallest absolute Gasteiger partial charge is 0.253 e. The van der Waals surface area contributed by atoms with Gasteiger partial charge in [0.25, 0.3) is 10.9 Å². The van der Waals surface area contributed by atoms with Crippen molar-refractivity contribution < 1.29 is 9.53 Å². The maximum absolute atomic E-state index is 12.8. The Morgan fingerprint density at radius 3 is 2.42 bits per heavy atom. The molecule has 0 spiro atoms. The van der Waals surface area contributed by atoms with Crippen LogP contribution >= 0.6 is 0 Å². The van der Waals surface area contributed by atoms with Crippen LogP contribution in [-0.4, -0.2) is 44.8 Å². The standard InChI is InChI=1S/C24H37N3O4/c1-15-4-3-5-19(16(15)2)26-24(30)18-8-6-17(7-9-18)14-25-20-21(23(29)22(20)28)27-10-12-31-13-11-27/h15-19,25H,3-14H2,1-2H3,(H,26,30)/t15-,16-,17?,18?,19+/m1/s1. The van der Waals surface area contributed by atoms with Crippen LogP contribution in [-0.2, 0) is 9.53 Å². The van der Waals surface area contributed by atoms with Crippen molar-refractivity contribution in [3.63, 3.8) is 0 Å². The fourth-order valence-corrected chi connectivity index (χ4v) is 5.59. The largest absolute Gasteiger partial charge is 0.380 e. The number of anilines is 2. The molecule has 1 aliphatic heterocycles. The Morgan fingerprint density at radius 2 is 1.71 bits per heavy atom. The summed E-state index contributed by atoms with van der Waals surface area (Å²) in [5.41, 5.74) is 0.241. The molecule has 2 N–H and O–H groups in total. The van der Waals surface area contributed by atoms with Crippen LogP contribution < -0.4 is 26.4 Å². The first-order valence-corrected chi connectivity index (χ1v) is 12.2. The van der Waals surface area contributed by atoms with E-state index in [1.54, 1.807) is 0 Å². The second kappa shape index (κ2) is 9.72. The minimum atomic E-state index is -0.398. The average molecular weight is 432 g/mol. The van der Waals surface area contributed by atoms with E-state index in [0.717, 1.165) is 32.1 Å². The predicted octanol–water partition coefficient (Wildman–Crippen LogP) is 2.28. The molecule has 7 nitrogen and oxygen atoms in total. The number of ether oxygens (including phenoxy) is 1. The fourth-order valence-electron chi connectivity index (χ4n) is 5.59. The molecule has 1 aromatic rings. The lowest BCUT2D eigenvalue weighted by Crippen LogP contribution is -2.47. The van der Waals surface area contributed by atoms with Crippen LogP contribution in [0.3, 0.4) is 0 Å². The fraction of sp³-hybridized carbons (Fsp3) is 0.792. The first-order valence-electron chi connectivity index (χ1n) is 12.2. The Hall–Kier alpha value is -1.89. The summed E-state index contributed by atoms with van der Waals surface area (Å²) < 4.78 is 5.35. The van der Waals surface area contributed by atoms with Gasteiger partial charge in [-0.3, -0.25) is 14.4 Å². The summed E-state index contributed by atoms with van der Waals surface area (Å²) in [7, 11) is 0. The molecule has 2 aliphatic carbocycles. The van der Waals surface area contributed by atoms with Crippen LogP contribution in [0.25, 0.3) is 0 Å². The van der Waals surface area contributed by atoms with Gasteiger partial charge in [-0.2, -0.15) is 0 Å². The lowest BCUT2D eigenvalue weighted by atomic mass is 9.77. The van der Waals surface area contributed by atoms with Crippen LogP contribution in [0.2, 0.25) is 0 Å². The van der Waals surface area contributed by atoms with Crippen molar-refractivity contribution in [3.05, 3.63) is 20.4 Å². The van der Waals surface area contributed by atoms with Gasteiger partial charge in [0.1, 0.15) is 11.4 Å². The van der Waals surface area contributed by atoms with Crippen LogP contribution in [0.5, 0.6) is 0 Å². The molecule has 1 saturated heterocycles. The molecular weight excluding hydrogens is 394 g/mol. The first kappa shape index (κ1) is 22.3. The summed E-state index contributed by atoms with van der Waals surface area (Å²) in [6.45, 7) is 7.72. The molecule has 1 aromatic carbocycles. The molecule has 31 heavy (non-hydrogen) atoms. The average Bonchev–Trinajstić information content (AvgIpc) is 2.80. The molecule has 0 aromatic heterocycles. The molecule has 3 aliphatic rings. The topological polar surface area (TPSA) is 87.7 Å². The van der Waals surface area contributed by atoms with Crippen molar-refractivity contribution >= 4 is 17.3 Å². The van der Waals surface area contributed by atoms with E-state index in [1.807, 2.05) is 4.90 Å². The number of hydrogen-bond acceptors (Lipinski definition) is 6. The van der Waals surface area contributed by atoms with Crippen LogP contribution in [0.1, 0.15) is 58.8 Å². The predicted molar refractivity (Wildman–Crippen MR) is 122 cm³/mol. The van der Waals surface area contributed by atoms with Gasteiger partial charge in [0.15, 0.2) is 0 Å². The van der Waals surface area contributed by atoms with Gasteiger partial charge in [0.05, 0.1) is 13.2 Å². The molecule has 3 atom stereocenters. The van der Waals surface area contributed by atoms with Gasteiger partial charge >= 0.3 is 0 Å². The van der Waals surface area contributed by atoms with Gasteiger partial charge in [0.2, 0.25) is 5.91 Å². The Bertz CT molecular complexity index is 832. The molecule has 172 valence electrons. The van der Waals surface area contributed by atoms with E-state index in [-0.39, 0.29) is 17.3 Å². The molecule has 0 bridgehead atoms. The van der Waals surface area contributed by atoms with E-state index < -0.39 is 5.43 Å². The van der Waals surface area contributed by atoms with Gasteiger partial charge in [-0.05, 0) is 49.9 Å². The summed E-state index contributed by atoms with van der Waals surface area (Å²) in [6, 6.07) is 0.323. The van der Waals surface area contributed by atoms with E-state index >= 15 is 0 Å². The van der Waals surface area contributed by atoms with Crippen molar-refractivity contribution in [3.8, 4) is 0 Å². The number of carbonyl (C=O) groups excluding carboxylic acids is 1. The lowest BCUT2D eigenvalue weighted by molar-refractivity contribution is -0.127. The van der Waals surface area contributed by atoms with E-state index in [4.69, 9.17) is 4.74 Å². The summed E-state index contributed by atoms with van der Waals surface area (Å²) in [5.74, 6) is 2.00. The van der Waals surface area contributed by atoms with Gasteiger partial charge in [-0.1, -0.05) is 26.7 Å². The normalized spacial score (nSPS) is 32.1. The Morgan fingerprint density at radius 1 is 1.00 bits per heavy atom. The van der Waals surface area contributed by atoms with E-state index in [2.05, 4.69) is 24.5 Å². The van der Waals surface area contributed by atoms with Crippen molar-refractivity contribution in [1.82, 2.24) is 5.32 Å². The molecule has 4 rings (SSSR count). The SMILES string of the molecule is C[C@@H]1[C@H](C)CCC[C@@H]1NC(=O)C1CCC(CNc2c(N3CCOCC3)c(=O)c2=O)CC1. The zero-order valence-corrected chi connectivity index (χ0v) is 19.0. The molecule has 7 heteroatoms. The van der Waals surface area contributed by atoms with Gasteiger partial charge < -0.3 is 20.3 Å². The summed E-state index contributed by atoms with van der Waals surface area (Å²) in [6.07, 6.45) is 7.33. The Kier molecular flexibility index (Phi) is 6.99. The number of nitrogens with one attached hydrogen (secondary N) is 2. The molecular formula is C24H37N3O4. The van der Waals surface area contributed by atoms with Gasteiger partial charge in [-0.15, -0.1) is 0 Å². The minimum Gasteiger partial charge on any atom is -0.380 e. The number of carbonyl (C=O) groups is 1. The van der Waals surface area contributed by atoms with Gasteiger partial charge in [-0.25, -0.2) is 0 Å². The Balaban J connectivity index is 1.24. The number of rotatable bonds is 6. The molecule has 2 saturated carbocycles. The summed E-state index contributed by atoms with van der Waals surface area (Å²) in [5, 5.41) is 6.61. The zero-order valence-electron chi connectivity index (χ0n) is 19.0. The molecule has 0 unspecified atom stereocenters. The number of amides is 1. The maximum Gasteiger partial charge on any atom is 0.253 e. The highest BCUT2D eigenvalue weighted by atomic mass is 16.5. The van der Waals surface area contributed by atoms with Crippen LogP contribution in [0.15, 0.2) is 9.59 Å². The number of morpholine rings is 1. The maximum atomic E-state index is 12.8. The molecule has 3 fully saturated rings. The monoisotopic (exact) mass is 431 g/mol. The summed E-state index contributed by atoms with van der Waals surface area (Å²) in [4.78, 5) is 38.9. The summed E-state index contributed by atoms with van der Waals surface area (Å²) >= 11 is 0. The molecule has 1 heterocycles. The third-order valence-corrected chi connectivity index (χ3v) is 8.03. The third-order valence-electron chi connectivity index (χ3n) is 8.03. The van der Waals surface area contributed by atoms with Crippen molar-refractivity contribution in [2.45, 2.75) is 64.8 Å². The minimum absolute atomic E-state index is 0.107. The molecule has 0 radical (unpaired) electrons.